The van der Waals surface area contributed by atoms with Gasteiger partial charge in [0.2, 0.25) is 11.1 Å². The number of aromatic amines is 1. The normalized spacial score (nSPS) is 14.8. The van der Waals surface area contributed by atoms with Crippen LogP contribution in [0, 0.1) is 6.92 Å². The molecule has 1 aromatic heterocycles. The van der Waals surface area contributed by atoms with E-state index in [1.165, 1.54) is 10.9 Å². The van der Waals surface area contributed by atoms with Gasteiger partial charge in [-0.15, -0.1) is 0 Å². The van der Waals surface area contributed by atoms with E-state index in [4.69, 9.17) is 8.92 Å². The number of piperazine rings is 1. The molecule has 6 rings (SSSR count). The number of ether oxygens (including phenoxy) is 1. The molecule has 1 aliphatic heterocycles. The Morgan fingerprint density at radius 3 is 2.30 bits per heavy atom. The van der Waals surface area contributed by atoms with Gasteiger partial charge in [-0.25, -0.2) is 4.21 Å². The Labute approximate surface area is 237 Å². The minimum absolute atomic E-state index is 0.561. The third-order valence-electron chi connectivity index (χ3n) is 7.34. The molecular formula is C33H33N3O3S. The van der Waals surface area contributed by atoms with Crippen LogP contribution in [0.4, 0.5) is 5.69 Å². The smallest absolute Gasteiger partial charge is 0.240 e. The fraction of sp³-hybridized carbons (Fsp3) is 0.212. The summed E-state index contributed by atoms with van der Waals surface area (Å²) in [4.78, 5) is 8.97. The van der Waals surface area contributed by atoms with Crippen molar-refractivity contribution in [3.63, 3.8) is 0 Å². The van der Waals surface area contributed by atoms with Crippen molar-refractivity contribution < 1.29 is 13.1 Å². The minimum atomic E-state index is -1.53. The van der Waals surface area contributed by atoms with Crippen LogP contribution in [0.5, 0.6) is 11.5 Å². The summed E-state index contributed by atoms with van der Waals surface area (Å²) in [5.74, 6) is 1.49. The number of aromatic nitrogens is 1. The van der Waals surface area contributed by atoms with Crippen LogP contribution in [0.25, 0.3) is 10.9 Å². The predicted molar refractivity (Wildman–Crippen MR) is 161 cm³/mol. The van der Waals surface area contributed by atoms with Crippen molar-refractivity contribution in [1.29, 1.82) is 0 Å². The summed E-state index contributed by atoms with van der Waals surface area (Å²) in [5, 5.41) is 1.21. The number of nitrogens with zero attached hydrogens (tertiary/aromatic N) is 2. The lowest BCUT2D eigenvalue weighted by Crippen LogP contribution is -2.45. The molecule has 0 aliphatic carbocycles. The summed E-state index contributed by atoms with van der Waals surface area (Å²) in [6.45, 7) is 7.32. The molecule has 1 atom stereocenters. The van der Waals surface area contributed by atoms with Gasteiger partial charge in [0.15, 0.2) is 0 Å². The molecule has 0 saturated carbocycles. The van der Waals surface area contributed by atoms with Gasteiger partial charge in [0.25, 0.3) is 0 Å². The van der Waals surface area contributed by atoms with Gasteiger partial charge >= 0.3 is 0 Å². The molecule has 40 heavy (non-hydrogen) atoms. The van der Waals surface area contributed by atoms with Crippen molar-refractivity contribution >= 4 is 27.7 Å². The first-order chi connectivity index (χ1) is 19.6. The second kappa shape index (κ2) is 12.0. The molecule has 7 heteroatoms. The van der Waals surface area contributed by atoms with E-state index in [2.05, 4.69) is 45.2 Å². The molecule has 1 aliphatic rings. The van der Waals surface area contributed by atoms with Crippen LogP contribution in [0.1, 0.15) is 16.7 Å². The van der Waals surface area contributed by atoms with Crippen LogP contribution in [0.3, 0.4) is 0 Å². The van der Waals surface area contributed by atoms with Gasteiger partial charge < -0.3 is 18.8 Å². The van der Waals surface area contributed by atoms with E-state index in [9.17, 15) is 4.21 Å². The minimum Gasteiger partial charge on any atom is -0.489 e. The molecule has 5 aromatic rings. The largest absolute Gasteiger partial charge is 0.489 e. The van der Waals surface area contributed by atoms with Crippen molar-refractivity contribution in [3.05, 3.63) is 120 Å². The summed E-state index contributed by atoms with van der Waals surface area (Å²) >= 11 is -1.53. The quantitative estimate of drug-likeness (QED) is 0.227. The Morgan fingerprint density at radius 1 is 0.825 bits per heavy atom. The van der Waals surface area contributed by atoms with E-state index in [0.29, 0.717) is 17.3 Å². The van der Waals surface area contributed by atoms with E-state index >= 15 is 0 Å². The average molecular weight is 552 g/mol. The number of fused-ring (bicyclic) bond motifs is 1. The molecular weight excluding hydrogens is 518 g/mol. The number of hydrogen-bond donors (Lipinski definition) is 1. The Balaban J connectivity index is 1.03. The molecule has 0 bridgehead atoms. The average Bonchev–Trinajstić information content (AvgIpc) is 3.39. The van der Waals surface area contributed by atoms with Crippen molar-refractivity contribution in [2.24, 2.45) is 0 Å². The lowest BCUT2D eigenvalue weighted by molar-refractivity contribution is 0.250. The fourth-order valence-corrected chi connectivity index (χ4v) is 5.76. The highest BCUT2D eigenvalue weighted by Crippen LogP contribution is 2.27. The maximum absolute atomic E-state index is 12.5. The second-order valence-electron chi connectivity index (χ2n) is 10.2. The van der Waals surface area contributed by atoms with Crippen molar-refractivity contribution in [3.8, 4) is 11.5 Å². The van der Waals surface area contributed by atoms with Gasteiger partial charge in [-0.1, -0.05) is 48.0 Å². The Hall–Kier alpha value is -4.07. The highest BCUT2D eigenvalue weighted by Gasteiger charge is 2.19. The second-order valence-corrected chi connectivity index (χ2v) is 11.3. The highest BCUT2D eigenvalue weighted by atomic mass is 32.2. The van der Waals surface area contributed by atoms with Crippen LogP contribution in [-0.4, -0.2) is 40.3 Å². The van der Waals surface area contributed by atoms with E-state index in [-0.39, 0.29) is 0 Å². The van der Waals surface area contributed by atoms with Crippen LogP contribution in [0.15, 0.2) is 108 Å². The SMILES string of the molecule is Cc1ccc(S(=O)Oc2ccc(N3CCN(Cc4c[nH]c5ccc(OCc6ccccc6)cc45)CC3)cc2)cc1. The maximum atomic E-state index is 12.5. The molecule has 1 saturated heterocycles. The molecule has 1 N–H and O–H groups in total. The summed E-state index contributed by atoms with van der Waals surface area (Å²) in [6, 6.07) is 32.0. The van der Waals surface area contributed by atoms with Crippen LogP contribution in [0.2, 0.25) is 0 Å². The van der Waals surface area contributed by atoms with Gasteiger partial charge in [0.1, 0.15) is 18.1 Å². The zero-order chi connectivity index (χ0) is 27.3. The molecule has 0 amide bonds. The summed E-state index contributed by atoms with van der Waals surface area (Å²) in [5.41, 5.74) is 5.86. The molecule has 0 spiro atoms. The Kier molecular flexibility index (Phi) is 7.84. The topological polar surface area (TPSA) is 57.8 Å². The molecule has 6 nitrogen and oxygen atoms in total. The van der Waals surface area contributed by atoms with Gasteiger partial charge in [-0.3, -0.25) is 4.90 Å². The maximum Gasteiger partial charge on any atom is 0.240 e. The zero-order valence-corrected chi connectivity index (χ0v) is 23.4. The van der Waals surface area contributed by atoms with Crippen molar-refractivity contribution in [2.75, 3.05) is 31.1 Å². The fourth-order valence-electron chi connectivity index (χ4n) is 5.02. The molecule has 0 radical (unpaired) electrons. The lowest BCUT2D eigenvalue weighted by Gasteiger charge is -2.36. The van der Waals surface area contributed by atoms with E-state index < -0.39 is 11.1 Å². The first-order valence-electron chi connectivity index (χ1n) is 13.6. The number of anilines is 1. The van der Waals surface area contributed by atoms with Crippen molar-refractivity contribution in [1.82, 2.24) is 9.88 Å². The van der Waals surface area contributed by atoms with Crippen LogP contribution in [-0.2, 0) is 24.2 Å². The first kappa shape index (κ1) is 26.2. The van der Waals surface area contributed by atoms with Gasteiger partial charge in [0.05, 0.1) is 4.90 Å². The molecule has 204 valence electrons. The number of rotatable bonds is 9. The lowest BCUT2D eigenvalue weighted by atomic mass is 10.1. The number of benzene rings is 4. The van der Waals surface area contributed by atoms with E-state index in [1.807, 2.05) is 79.7 Å². The third kappa shape index (κ3) is 6.22. The molecule has 1 unspecified atom stereocenters. The van der Waals surface area contributed by atoms with E-state index in [1.54, 1.807) is 0 Å². The van der Waals surface area contributed by atoms with Gasteiger partial charge in [0, 0.05) is 55.5 Å². The standard InChI is InChI=1S/C33H33N3O3S/c1-25-7-14-31(15-8-25)40(37)39-29-11-9-28(10-12-29)36-19-17-35(18-20-36)23-27-22-34-33-16-13-30(21-32(27)33)38-24-26-5-3-2-4-6-26/h2-16,21-22,34H,17-20,23-24H2,1H3. The van der Waals surface area contributed by atoms with Crippen LogP contribution >= 0.6 is 0 Å². The van der Waals surface area contributed by atoms with Crippen molar-refractivity contribution in [2.45, 2.75) is 25.0 Å². The van der Waals surface area contributed by atoms with Gasteiger partial charge in [-0.2, -0.15) is 0 Å². The van der Waals surface area contributed by atoms with E-state index in [0.717, 1.165) is 60.8 Å². The van der Waals surface area contributed by atoms with Crippen LogP contribution < -0.4 is 13.8 Å². The third-order valence-corrected chi connectivity index (χ3v) is 8.34. The number of hydrogen-bond acceptors (Lipinski definition) is 5. The summed E-state index contributed by atoms with van der Waals surface area (Å²) in [7, 11) is 0. The monoisotopic (exact) mass is 551 g/mol. The van der Waals surface area contributed by atoms with Gasteiger partial charge in [-0.05, 0) is 72.6 Å². The summed E-state index contributed by atoms with van der Waals surface area (Å²) in [6.07, 6.45) is 2.12. The predicted octanol–water partition coefficient (Wildman–Crippen LogP) is 6.48. The zero-order valence-electron chi connectivity index (χ0n) is 22.6. The highest BCUT2D eigenvalue weighted by molar-refractivity contribution is 7.80. The number of aryl methyl sites for hydroxylation is 1. The Morgan fingerprint density at radius 2 is 1.55 bits per heavy atom. The first-order valence-corrected chi connectivity index (χ1v) is 14.7. The molecule has 1 fully saturated rings. The molecule has 4 aromatic carbocycles. The summed E-state index contributed by atoms with van der Waals surface area (Å²) < 4.78 is 24.3. The Bertz CT molecular complexity index is 1580. The number of H-pyrrole nitrogens is 1. The molecule has 2 heterocycles. The number of nitrogens with one attached hydrogen (secondary N) is 1.